The van der Waals surface area contributed by atoms with Crippen LogP contribution < -0.4 is 9.64 Å². The van der Waals surface area contributed by atoms with E-state index in [0.717, 1.165) is 29.2 Å². The number of carbonyl (C=O) groups is 2. The first-order valence-electron chi connectivity index (χ1n) is 9.02. The molecular formula is C20H22N2O3S2. The lowest BCUT2D eigenvalue weighted by Crippen LogP contribution is -2.53. The molecule has 0 atom stereocenters. The van der Waals surface area contributed by atoms with Crippen molar-refractivity contribution in [3.8, 4) is 5.75 Å². The molecule has 0 unspecified atom stereocenters. The highest BCUT2D eigenvalue weighted by molar-refractivity contribution is 8.02. The van der Waals surface area contributed by atoms with Crippen molar-refractivity contribution in [2.75, 3.05) is 30.9 Å². The summed E-state index contributed by atoms with van der Waals surface area (Å²) >= 11 is 3.33. The van der Waals surface area contributed by atoms with Crippen molar-refractivity contribution in [2.45, 2.75) is 24.1 Å². The third-order valence-electron chi connectivity index (χ3n) is 5.24. The molecule has 0 bridgehead atoms. The van der Waals surface area contributed by atoms with Crippen molar-refractivity contribution >= 4 is 40.6 Å². The van der Waals surface area contributed by atoms with Crippen molar-refractivity contribution in [1.29, 1.82) is 0 Å². The minimum absolute atomic E-state index is 0.131. The van der Waals surface area contributed by atoms with Crippen LogP contribution in [0.25, 0.3) is 0 Å². The monoisotopic (exact) mass is 402 g/mol. The number of anilines is 1. The van der Waals surface area contributed by atoms with Crippen LogP contribution in [0.3, 0.4) is 0 Å². The first kappa shape index (κ1) is 18.4. The van der Waals surface area contributed by atoms with Gasteiger partial charge < -0.3 is 9.64 Å². The average Bonchev–Trinajstić information content (AvgIpc) is 3.31. The second-order valence-electron chi connectivity index (χ2n) is 6.80. The second-order valence-corrected chi connectivity index (χ2v) is 9.17. The summed E-state index contributed by atoms with van der Waals surface area (Å²) in [5.41, 5.74) is 0.878. The van der Waals surface area contributed by atoms with Gasteiger partial charge in [-0.05, 0) is 36.4 Å². The van der Waals surface area contributed by atoms with Crippen LogP contribution in [0.4, 0.5) is 5.69 Å². The summed E-state index contributed by atoms with van der Waals surface area (Å²) in [6, 6.07) is 11.7. The largest absolute Gasteiger partial charge is 0.497 e. The standard InChI is InChI=1S/C20H22N2O3S2/c1-25-16-5-2-4-15(12-16)22-19(24)14-27-20(22)7-9-21(10-8-20)18(23)13-17-6-3-11-26-17/h2-6,11-12H,7-10,13-14H2,1H3. The molecule has 1 spiro atoms. The van der Waals surface area contributed by atoms with Crippen LogP contribution >= 0.6 is 23.1 Å². The molecule has 2 fully saturated rings. The Balaban J connectivity index is 1.48. The third kappa shape index (κ3) is 3.58. The van der Waals surface area contributed by atoms with Crippen molar-refractivity contribution in [3.05, 3.63) is 46.7 Å². The number of ether oxygens (including phenoxy) is 1. The fourth-order valence-corrected chi connectivity index (χ4v) is 5.85. The van der Waals surface area contributed by atoms with Gasteiger partial charge in [0.05, 0.1) is 24.2 Å². The Morgan fingerprint density at radius 1 is 1.22 bits per heavy atom. The van der Waals surface area contributed by atoms with E-state index in [-0.39, 0.29) is 16.7 Å². The van der Waals surface area contributed by atoms with Crippen molar-refractivity contribution in [3.63, 3.8) is 0 Å². The SMILES string of the molecule is COc1cccc(N2C(=O)CSC23CCN(C(=O)Cc2cccs2)CC3)c1. The molecule has 2 aromatic rings. The smallest absolute Gasteiger partial charge is 0.238 e. The summed E-state index contributed by atoms with van der Waals surface area (Å²) in [5, 5.41) is 2.00. The van der Waals surface area contributed by atoms with Gasteiger partial charge in [0, 0.05) is 29.7 Å². The van der Waals surface area contributed by atoms with Gasteiger partial charge in [-0.2, -0.15) is 0 Å². The topological polar surface area (TPSA) is 49.9 Å². The minimum atomic E-state index is -0.261. The molecule has 0 N–H and O–H groups in total. The number of thiophene rings is 1. The lowest BCUT2D eigenvalue weighted by atomic mass is 10.0. The van der Waals surface area contributed by atoms with Crippen molar-refractivity contribution in [2.24, 2.45) is 0 Å². The molecule has 0 saturated carbocycles. The van der Waals surface area contributed by atoms with Gasteiger partial charge in [0.15, 0.2) is 0 Å². The summed E-state index contributed by atoms with van der Waals surface area (Å²) in [5.74, 6) is 1.54. The van der Waals surface area contributed by atoms with E-state index in [1.807, 2.05) is 51.6 Å². The number of benzene rings is 1. The zero-order chi connectivity index (χ0) is 18.9. The van der Waals surface area contributed by atoms with E-state index in [4.69, 9.17) is 4.74 Å². The van der Waals surface area contributed by atoms with Crippen LogP contribution in [0.2, 0.25) is 0 Å². The number of rotatable bonds is 4. The third-order valence-corrected chi connectivity index (χ3v) is 7.63. The van der Waals surface area contributed by atoms with E-state index in [0.29, 0.717) is 25.3 Å². The minimum Gasteiger partial charge on any atom is -0.497 e. The quantitative estimate of drug-likeness (QED) is 0.787. The number of amides is 2. The lowest BCUT2D eigenvalue weighted by Gasteiger charge is -2.44. The van der Waals surface area contributed by atoms with Gasteiger partial charge >= 0.3 is 0 Å². The summed E-state index contributed by atoms with van der Waals surface area (Å²) < 4.78 is 5.33. The lowest BCUT2D eigenvalue weighted by molar-refractivity contribution is -0.131. The number of methoxy groups -OCH3 is 1. The highest BCUT2D eigenvalue weighted by atomic mass is 32.2. The number of hydrogen-bond donors (Lipinski definition) is 0. The summed E-state index contributed by atoms with van der Waals surface area (Å²) in [6.07, 6.45) is 2.05. The van der Waals surface area contributed by atoms with Crippen LogP contribution in [-0.2, 0) is 16.0 Å². The zero-order valence-electron chi connectivity index (χ0n) is 15.2. The van der Waals surface area contributed by atoms with E-state index in [2.05, 4.69) is 0 Å². The molecule has 2 amide bonds. The number of nitrogens with zero attached hydrogens (tertiary/aromatic N) is 2. The fraction of sp³-hybridized carbons (Fsp3) is 0.400. The number of carbonyl (C=O) groups excluding carboxylic acids is 2. The number of hydrogen-bond acceptors (Lipinski definition) is 5. The van der Waals surface area contributed by atoms with Gasteiger partial charge in [0.1, 0.15) is 5.75 Å². The van der Waals surface area contributed by atoms with Gasteiger partial charge in [0.2, 0.25) is 11.8 Å². The predicted molar refractivity (Wildman–Crippen MR) is 110 cm³/mol. The Hall–Kier alpha value is -1.99. The molecule has 4 rings (SSSR count). The molecule has 2 saturated heterocycles. The molecule has 2 aliphatic heterocycles. The van der Waals surface area contributed by atoms with E-state index in [1.54, 1.807) is 30.2 Å². The van der Waals surface area contributed by atoms with E-state index in [9.17, 15) is 9.59 Å². The van der Waals surface area contributed by atoms with Gasteiger partial charge in [-0.3, -0.25) is 14.5 Å². The van der Waals surface area contributed by atoms with Crippen LogP contribution in [0.15, 0.2) is 41.8 Å². The molecule has 0 aliphatic carbocycles. The van der Waals surface area contributed by atoms with Crippen LogP contribution in [0.1, 0.15) is 17.7 Å². The highest BCUT2D eigenvalue weighted by Crippen LogP contribution is 2.47. The maximum atomic E-state index is 12.7. The Morgan fingerprint density at radius 3 is 2.74 bits per heavy atom. The van der Waals surface area contributed by atoms with Crippen molar-refractivity contribution < 1.29 is 14.3 Å². The Bertz CT molecular complexity index is 830. The Morgan fingerprint density at radius 2 is 2.04 bits per heavy atom. The predicted octanol–water partition coefficient (Wildman–Crippen LogP) is 3.40. The molecule has 1 aromatic carbocycles. The molecule has 142 valence electrons. The molecule has 2 aliphatic rings. The normalized spacial score (nSPS) is 18.9. The van der Waals surface area contributed by atoms with Gasteiger partial charge in [-0.25, -0.2) is 0 Å². The first-order chi connectivity index (χ1) is 13.1. The molecule has 1 aromatic heterocycles. The Kier molecular flexibility index (Phi) is 5.14. The summed E-state index contributed by atoms with van der Waals surface area (Å²) in [4.78, 5) is 30.0. The first-order valence-corrected chi connectivity index (χ1v) is 10.9. The number of piperidine rings is 1. The van der Waals surface area contributed by atoms with Crippen LogP contribution in [-0.4, -0.2) is 47.5 Å². The molecule has 7 heteroatoms. The highest BCUT2D eigenvalue weighted by Gasteiger charge is 2.49. The fourth-order valence-electron chi connectivity index (χ4n) is 3.83. The number of thioether (sulfide) groups is 1. The zero-order valence-corrected chi connectivity index (χ0v) is 16.9. The van der Waals surface area contributed by atoms with Crippen molar-refractivity contribution in [1.82, 2.24) is 4.90 Å². The van der Waals surface area contributed by atoms with Gasteiger partial charge in [-0.1, -0.05) is 12.1 Å². The molecular weight excluding hydrogens is 380 g/mol. The summed E-state index contributed by atoms with van der Waals surface area (Å²) in [7, 11) is 1.63. The van der Waals surface area contributed by atoms with E-state index < -0.39 is 0 Å². The van der Waals surface area contributed by atoms with E-state index in [1.165, 1.54) is 0 Å². The maximum absolute atomic E-state index is 12.7. The van der Waals surface area contributed by atoms with Gasteiger partial charge in [0.25, 0.3) is 0 Å². The molecule has 5 nitrogen and oxygen atoms in total. The van der Waals surface area contributed by atoms with Crippen LogP contribution in [0, 0.1) is 0 Å². The van der Waals surface area contributed by atoms with Crippen LogP contribution in [0.5, 0.6) is 5.75 Å². The molecule has 27 heavy (non-hydrogen) atoms. The Labute approximate surface area is 167 Å². The van der Waals surface area contributed by atoms with Gasteiger partial charge in [-0.15, -0.1) is 23.1 Å². The molecule has 0 radical (unpaired) electrons. The average molecular weight is 403 g/mol. The maximum Gasteiger partial charge on any atom is 0.238 e. The van der Waals surface area contributed by atoms with E-state index >= 15 is 0 Å². The molecule has 3 heterocycles. The number of likely N-dealkylation sites (tertiary alicyclic amines) is 1. The second kappa shape index (κ2) is 7.56. The summed E-state index contributed by atoms with van der Waals surface area (Å²) in [6.45, 7) is 1.37.